The first-order valence-corrected chi connectivity index (χ1v) is 12.3. The molecule has 2 aromatic rings. The van der Waals surface area contributed by atoms with Crippen LogP contribution < -0.4 is 10.6 Å². The third-order valence-corrected chi connectivity index (χ3v) is 6.19. The molecule has 0 saturated carbocycles. The third kappa shape index (κ3) is 6.14. The maximum Gasteiger partial charge on any atom is 0.416 e. The van der Waals surface area contributed by atoms with E-state index in [9.17, 15) is 27.2 Å². The lowest BCUT2D eigenvalue weighted by molar-refractivity contribution is -0.201. The highest BCUT2D eigenvalue weighted by Crippen LogP contribution is 2.48. The second kappa shape index (κ2) is 11.7. The zero-order valence-corrected chi connectivity index (χ0v) is 20.4. The molecule has 1 aliphatic heterocycles. The van der Waals surface area contributed by atoms with Crippen molar-refractivity contribution in [1.82, 2.24) is 15.6 Å². The first kappa shape index (κ1) is 27.4. The normalized spacial score (nSPS) is 18.4. The van der Waals surface area contributed by atoms with E-state index in [0.29, 0.717) is 12.2 Å². The van der Waals surface area contributed by atoms with Gasteiger partial charge in [-0.25, -0.2) is 4.39 Å². The molecule has 0 bridgehead atoms. The van der Waals surface area contributed by atoms with Gasteiger partial charge in [0, 0.05) is 25.6 Å². The first-order chi connectivity index (χ1) is 17.1. The molecule has 2 heterocycles. The fraction of sp³-hybridized carbons (Fsp3) is 0.320. The SMILES string of the molecule is COC/C=C/c1ccc([C@]2(C(F)(F)F)CC(c3ccc(F)cn3)=C(CNC(=O)CSC)C(=O)N2)cc1. The predicted octanol–water partition coefficient (Wildman–Crippen LogP) is 4.09. The van der Waals surface area contributed by atoms with Crippen LogP contribution in [0.25, 0.3) is 11.6 Å². The molecule has 0 saturated heterocycles. The van der Waals surface area contributed by atoms with Crippen LogP contribution in [0.4, 0.5) is 17.6 Å². The Morgan fingerprint density at radius 3 is 2.56 bits per heavy atom. The highest BCUT2D eigenvalue weighted by molar-refractivity contribution is 7.99. The molecule has 6 nitrogen and oxygen atoms in total. The first-order valence-electron chi connectivity index (χ1n) is 10.9. The number of carbonyl (C=O) groups excluding carboxylic acids is 2. The summed E-state index contributed by atoms with van der Waals surface area (Å²) in [5.74, 6) is -1.92. The van der Waals surface area contributed by atoms with Crippen molar-refractivity contribution in [2.24, 2.45) is 0 Å². The van der Waals surface area contributed by atoms with Gasteiger partial charge in [-0.1, -0.05) is 36.4 Å². The summed E-state index contributed by atoms with van der Waals surface area (Å²) < 4.78 is 62.5. The topological polar surface area (TPSA) is 80.3 Å². The number of aromatic nitrogens is 1. The van der Waals surface area contributed by atoms with E-state index in [1.54, 1.807) is 18.4 Å². The molecule has 1 aromatic carbocycles. The van der Waals surface area contributed by atoms with Crippen molar-refractivity contribution in [3.63, 3.8) is 0 Å². The number of amides is 2. The zero-order valence-electron chi connectivity index (χ0n) is 19.6. The number of pyridine rings is 1. The molecule has 0 unspecified atom stereocenters. The van der Waals surface area contributed by atoms with E-state index in [4.69, 9.17) is 4.74 Å². The quantitative estimate of drug-likeness (QED) is 0.484. The number of carbonyl (C=O) groups is 2. The van der Waals surface area contributed by atoms with Crippen LogP contribution in [0.5, 0.6) is 0 Å². The minimum absolute atomic E-state index is 0.0214. The van der Waals surface area contributed by atoms with Gasteiger partial charge in [0.15, 0.2) is 5.54 Å². The third-order valence-electron chi connectivity index (χ3n) is 5.64. The van der Waals surface area contributed by atoms with Crippen molar-refractivity contribution in [1.29, 1.82) is 0 Å². The summed E-state index contributed by atoms with van der Waals surface area (Å²) in [4.78, 5) is 29.0. The number of halogens is 4. The maximum absolute atomic E-state index is 14.7. The largest absolute Gasteiger partial charge is 0.416 e. The van der Waals surface area contributed by atoms with E-state index in [0.717, 1.165) is 12.3 Å². The highest BCUT2D eigenvalue weighted by Gasteiger charge is 2.59. The maximum atomic E-state index is 14.7. The van der Waals surface area contributed by atoms with Gasteiger partial charge in [-0.05, 0) is 35.1 Å². The average molecular weight is 524 g/mol. The molecular formula is C25H25F4N3O3S. The van der Waals surface area contributed by atoms with Gasteiger partial charge >= 0.3 is 6.18 Å². The Morgan fingerprint density at radius 1 is 1.25 bits per heavy atom. The van der Waals surface area contributed by atoms with Crippen LogP contribution in [-0.4, -0.2) is 55.2 Å². The number of methoxy groups -OCH3 is 1. The van der Waals surface area contributed by atoms with Gasteiger partial charge in [0.1, 0.15) is 5.82 Å². The van der Waals surface area contributed by atoms with Crippen LogP contribution >= 0.6 is 11.8 Å². The number of benzene rings is 1. The average Bonchev–Trinajstić information content (AvgIpc) is 2.83. The number of thioether (sulfide) groups is 1. The molecule has 3 rings (SSSR count). The van der Waals surface area contributed by atoms with Gasteiger partial charge in [-0.3, -0.25) is 14.6 Å². The lowest BCUT2D eigenvalue weighted by atomic mass is 9.77. The molecule has 2 N–H and O–H groups in total. The lowest BCUT2D eigenvalue weighted by Gasteiger charge is -2.41. The summed E-state index contributed by atoms with van der Waals surface area (Å²) in [5.41, 5.74) is -2.34. The summed E-state index contributed by atoms with van der Waals surface area (Å²) in [6.45, 7) is 0.0518. The van der Waals surface area contributed by atoms with Crippen LogP contribution in [0, 0.1) is 5.82 Å². The van der Waals surface area contributed by atoms with Gasteiger partial charge in [0.25, 0.3) is 0 Å². The minimum atomic E-state index is -4.88. The Hall–Kier alpha value is -3.18. The van der Waals surface area contributed by atoms with Crippen molar-refractivity contribution in [2.75, 3.05) is 32.3 Å². The van der Waals surface area contributed by atoms with Gasteiger partial charge < -0.3 is 15.4 Å². The number of nitrogens with zero attached hydrogens (tertiary/aromatic N) is 1. The molecule has 1 aromatic heterocycles. The van der Waals surface area contributed by atoms with E-state index in [1.807, 2.05) is 0 Å². The monoisotopic (exact) mass is 523 g/mol. The highest BCUT2D eigenvalue weighted by atomic mass is 32.2. The fourth-order valence-corrected chi connectivity index (χ4v) is 4.21. The van der Waals surface area contributed by atoms with Gasteiger partial charge in [-0.15, -0.1) is 0 Å². The molecule has 0 aliphatic carbocycles. The molecule has 0 spiro atoms. The lowest BCUT2D eigenvalue weighted by Crippen LogP contribution is -2.59. The molecule has 0 radical (unpaired) electrons. The number of rotatable bonds is 9. The summed E-state index contributed by atoms with van der Waals surface area (Å²) in [6, 6.07) is 7.92. The summed E-state index contributed by atoms with van der Waals surface area (Å²) in [7, 11) is 1.52. The number of ether oxygens (including phenoxy) is 1. The molecule has 1 aliphatic rings. The van der Waals surface area contributed by atoms with Crippen molar-refractivity contribution < 1.29 is 31.9 Å². The van der Waals surface area contributed by atoms with Gasteiger partial charge in [0.05, 0.1) is 24.3 Å². The minimum Gasteiger partial charge on any atom is -0.381 e. The van der Waals surface area contributed by atoms with E-state index in [2.05, 4.69) is 15.6 Å². The van der Waals surface area contributed by atoms with Crippen LogP contribution in [0.15, 0.2) is 54.2 Å². The molecule has 1 atom stereocenters. The molecular weight excluding hydrogens is 498 g/mol. The summed E-state index contributed by atoms with van der Waals surface area (Å²) >= 11 is 1.26. The number of alkyl halides is 3. The van der Waals surface area contributed by atoms with Crippen LogP contribution in [0.3, 0.4) is 0 Å². The molecule has 36 heavy (non-hydrogen) atoms. The Morgan fingerprint density at radius 2 is 1.97 bits per heavy atom. The van der Waals surface area contributed by atoms with Crippen molar-refractivity contribution >= 4 is 35.2 Å². The van der Waals surface area contributed by atoms with Crippen molar-refractivity contribution in [3.05, 3.63) is 76.9 Å². The standard InChI is InChI=1S/C25H25F4N3O3S/c1-35-11-3-4-16-5-7-17(8-6-16)24(25(27,28)29)12-19(21-10-9-18(26)13-30-21)20(23(34)32-24)14-31-22(33)15-36-2/h3-10,13H,11-12,14-15H2,1-2H3,(H,31,33)(H,32,34)/b4-3+/t24-/m0/s1. The summed E-state index contributed by atoms with van der Waals surface area (Å²) in [6.07, 6.45) is 0.444. The van der Waals surface area contributed by atoms with Crippen LogP contribution in [0.2, 0.25) is 0 Å². The zero-order chi connectivity index (χ0) is 26.3. The Labute approximate surface area is 210 Å². The smallest absolute Gasteiger partial charge is 0.381 e. The molecule has 192 valence electrons. The van der Waals surface area contributed by atoms with Crippen molar-refractivity contribution in [2.45, 2.75) is 18.1 Å². The van der Waals surface area contributed by atoms with Crippen LogP contribution in [0.1, 0.15) is 23.2 Å². The number of hydrogen-bond donors (Lipinski definition) is 2. The second-order valence-corrected chi connectivity index (χ2v) is 8.91. The van der Waals surface area contributed by atoms with E-state index in [1.165, 1.54) is 49.2 Å². The fourth-order valence-electron chi connectivity index (χ4n) is 3.85. The molecule has 11 heteroatoms. The van der Waals surface area contributed by atoms with Gasteiger partial charge in [-0.2, -0.15) is 24.9 Å². The predicted molar refractivity (Wildman–Crippen MR) is 130 cm³/mol. The summed E-state index contributed by atoms with van der Waals surface area (Å²) in [5, 5.41) is 4.71. The van der Waals surface area contributed by atoms with E-state index in [-0.39, 0.29) is 40.6 Å². The van der Waals surface area contributed by atoms with E-state index < -0.39 is 29.9 Å². The molecule has 2 amide bonds. The Balaban J connectivity index is 2.08. The van der Waals surface area contributed by atoms with Gasteiger partial charge in [0.2, 0.25) is 11.8 Å². The number of nitrogens with one attached hydrogen (secondary N) is 2. The van der Waals surface area contributed by atoms with Crippen molar-refractivity contribution in [3.8, 4) is 0 Å². The Bertz CT molecular complexity index is 1150. The van der Waals surface area contributed by atoms with E-state index >= 15 is 0 Å². The second-order valence-electron chi connectivity index (χ2n) is 8.04. The van der Waals surface area contributed by atoms with Crippen LogP contribution in [-0.2, 0) is 19.9 Å². The molecule has 0 fully saturated rings. The Kier molecular flexibility index (Phi) is 8.91. The number of hydrogen-bond acceptors (Lipinski definition) is 5.